The van der Waals surface area contributed by atoms with Gasteiger partial charge in [0.15, 0.2) is 4.32 Å². The zero-order chi connectivity index (χ0) is 10.4. The van der Waals surface area contributed by atoms with Crippen molar-refractivity contribution in [3.8, 4) is 0 Å². The van der Waals surface area contributed by atoms with Crippen LogP contribution in [0.1, 0.15) is 6.92 Å². The second-order valence-electron chi connectivity index (χ2n) is 2.49. The van der Waals surface area contributed by atoms with Gasteiger partial charge in [0.2, 0.25) is 0 Å². The molecule has 0 aromatic heterocycles. The zero-order valence-corrected chi connectivity index (χ0v) is 9.81. The minimum atomic E-state index is 0.745. The number of nitrogens with zero attached hydrogens (tertiary/aromatic N) is 2. The summed E-state index contributed by atoms with van der Waals surface area (Å²) in [4.78, 5) is 0. The lowest BCUT2D eigenvalue weighted by atomic mass is 10.3. The third-order valence-electron chi connectivity index (χ3n) is 1.58. The first-order valence-corrected chi connectivity index (χ1v) is 5.84. The summed E-state index contributed by atoms with van der Waals surface area (Å²) in [6.45, 7) is 1.87. The summed E-state index contributed by atoms with van der Waals surface area (Å²) in [6.07, 6.45) is 3.68. The molecule has 0 radical (unpaired) electrons. The number of thioether (sulfide) groups is 1. The molecule has 0 unspecified atom stereocenters. The number of anilines is 1. The Kier molecular flexibility index (Phi) is 4.62. The fourth-order valence-electron chi connectivity index (χ4n) is 0.990. The first-order valence-electron chi connectivity index (χ1n) is 4.21. The quantitative estimate of drug-likeness (QED) is 0.436. The van der Waals surface area contributed by atoms with Crippen molar-refractivity contribution in [3.05, 3.63) is 30.3 Å². The third kappa shape index (κ3) is 2.82. The Labute approximate surface area is 94.0 Å². The van der Waals surface area contributed by atoms with E-state index in [1.807, 2.05) is 43.5 Å². The Bertz CT molecular complexity index is 322. The Morgan fingerprint density at radius 2 is 2.07 bits per heavy atom. The first kappa shape index (κ1) is 11.2. The van der Waals surface area contributed by atoms with E-state index in [0.717, 1.165) is 10.0 Å². The van der Waals surface area contributed by atoms with E-state index in [9.17, 15) is 0 Å². The number of hydrogen-bond acceptors (Lipinski definition) is 3. The van der Waals surface area contributed by atoms with Gasteiger partial charge in [-0.3, -0.25) is 0 Å². The molecule has 0 saturated carbocycles. The van der Waals surface area contributed by atoms with Gasteiger partial charge in [0.05, 0.1) is 5.69 Å². The van der Waals surface area contributed by atoms with Crippen molar-refractivity contribution >= 4 is 40.2 Å². The number of benzene rings is 1. The van der Waals surface area contributed by atoms with Crippen molar-refractivity contribution in [2.75, 3.05) is 11.3 Å². The van der Waals surface area contributed by atoms with Crippen LogP contribution in [0.15, 0.2) is 35.4 Å². The van der Waals surface area contributed by atoms with Gasteiger partial charge in [0.1, 0.15) is 0 Å². The average molecular weight is 224 g/mol. The van der Waals surface area contributed by atoms with Crippen molar-refractivity contribution in [1.82, 2.24) is 0 Å². The van der Waals surface area contributed by atoms with Gasteiger partial charge in [0.25, 0.3) is 0 Å². The highest BCUT2D eigenvalue weighted by Crippen LogP contribution is 2.18. The lowest BCUT2D eigenvalue weighted by Gasteiger charge is -2.17. The van der Waals surface area contributed by atoms with E-state index in [0.29, 0.717) is 0 Å². The Hall–Kier alpha value is -0.870. The van der Waals surface area contributed by atoms with Crippen molar-refractivity contribution < 1.29 is 0 Å². The molecule has 0 spiro atoms. The molecule has 0 bridgehead atoms. The SMILES string of the molecule is C/C=N/N(C(=S)SC)c1ccccc1. The number of hydrogen-bond donors (Lipinski definition) is 0. The van der Waals surface area contributed by atoms with E-state index in [1.54, 1.807) is 11.2 Å². The fourth-order valence-corrected chi connectivity index (χ4v) is 1.47. The zero-order valence-electron chi connectivity index (χ0n) is 8.18. The van der Waals surface area contributed by atoms with Crippen LogP contribution in [-0.2, 0) is 0 Å². The van der Waals surface area contributed by atoms with Crippen LogP contribution in [0.5, 0.6) is 0 Å². The molecule has 2 nitrogen and oxygen atoms in total. The number of para-hydroxylation sites is 1. The third-order valence-corrected chi connectivity index (χ3v) is 2.77. The molecule has 0 fully saturated rings. The summed E-state index contributed by atoms with van der Waals surface area (Å²) in [7, 11) is 0. The largest absolute Gasteiger partial charge is 0.217 e. The minimum absolute atomic E-state index is 0.745. The van der Waals surface area contributed by atoms with E-state index in [4.69, 9.17) is 12.2 Å². The van der Waals surface area contributed by atoms with Gasteiger partial charge in [-0.15, -0.1) is 0 Å². The van der Waals surface area contributed by atoms with E-state index in [2.05, 4.69) is 5.10 Å². The highest BCUT2D eigenvalue weighted by Gasteiger charge is 2.07. The first-order chi connectivity index (χ1) is 6.79. The number of thiocarbonyl (C=S) groups is 1. The molecule has 0 N–H and O–H groups in total. The summed E-state index contributed by atoms with van der Waals surface area (Å²) in [5.41, 5.74) is 0.991. The maximum Gasteiger partial charge on any atom is 0.161 e. The second-order valence-corrected chi connectivity index (χ2v) is 3.93. The molecule has 1 rings (SSSR count). The molecule has 74 valence electrons. The van der Waals surface area contributed by atoms with Crippen LogP contribution in [0, 0.1) is 0 Å². The normalized spacial score (nSPS) is 10.4. The molecule has 0 amide bonds. The second kappa shape index (κ2) is 5.78. The van der Waals surface area contributed by atoms with Gasteiger partial charge in [-0.25, -0.2) is 5.01 Å². The maximum absolute atomic E-state index is 5.20. The van der Waals surface area contributed by atoms with E-state index >= 15 is 0 Å². The van der Waals surface area contributed by atoms with E-state index in [1.165, 1.54) is 11.8 Å². The summed E-state index contributed by atoms with van der Waals surface area (Å²) < 4.78 is 0.745. The molecule has 0 atom stereocenters. The molecule has 0 aliphatic rings. The minimum Gasteiger partial charge on any atom is -0.217 e. The molecular formula is C10H12N2S2. The standard InChI is InChI=1S/C10H12N2S2/c1-3-11-12(10(13)14-2)9-7-5-4-6-8-9/h3-8H,1-2H3/b11-3+. The molecule has 0 saturated heterocycles. The van der Waals surface area contributed by atoms with Gasteiger partial charge < -0.3 is 0 Å². The van der Waals surface area contributed by atoms with Crippen LogP contribution < -0.4 is 5.01 Å². The van der Waals surface area contributed by atoms with Crippen LogP contribution in [0.2, 0.25) is 0 Å². The molecular weight excluding hydrogens is 212 g/mol. The molecule has 1 aromatic carbocycles. The van der Waals surface area contributed by atoms with Crippen molar-refractivity contribution in [2.24, 2.45) is 5.10 Å². The number of hydrazone groups is 1. The lowest BCUT2D eigenvalue weighted by molar-refractivity contribution is 1.17. The van der Waals surface area contributed by atoms with Crippen LogP contribution in [0.25, 0.3) is 0 Å². The molecule has 1 aromatic rings. The van der Waals surface area contributed by atoms with Crippen LogP contribution >= 0.6 is 24.0 Å². The smallest absolute Gasteiger partial charge is 0.161 e. The summed E-state index contributed by atoms with van der Waals surface area (Å²) in [5.74, 6) is 0. The number of rotatable bonds is 2. The van der Waals surface area contributed by atoms with Crippen LogP contribution in [-0.4, -0.2) is 16.8 Å². The van der Waals surface area contributed by atoms with Gasteiger partial charge in [0, 0.05) is 6.21 Å². The Morgan fingerprint density at radius 1 is 1.43 bits per heavy atom. The summed E-state index contributed by atoms with van der Waals surface area (Å²) in [6, 6.07) is 9.87. The topological polar surface area (TPSA) is 15.6 Å². The lowest BCUT2D eigenvalue weighted by Crippen LogP contribution is -2.20. The van der Waals surface area contributed by atoms with Crippen LogP contribution in [0.3, 0.4) is 0 Å². The maximum atomic E-state index is 5.20. The molecule has 4 heteroatoms. The van der Waals surface area contributed by atoms with E-state index in [-0.39, 0.29) is 0 Å². The monoisotopic (exact) mass is 224 g/mol. The Balaban J connectivity index is 2.94. The predicted molar refractivity (Wildman–Crippen MR) is 69.2 cm³/mol. The van der Waals surface area contributed by atoms with Crippen molar-refractivity contribution in [1.29, 1.82) is 0 Å². The predicted octanol–water partition coefficient (Wildman–Crippen LogP) is 3.15. The van der Waals surface area contributed by atoms with Crippen LogP contribution in [0.4, 0.5) is 5.69 Å². The summed E-state index contributed by atoms with van der Waals surface area (Å²) in [5, 5.41) is 5.96. The Morgan fingerprint density at radius 3 is 2.57 bits per heavy atom. The summed E-state index contributed by atoms with van der Waals surface area (Å²) >= 11 is 6.71. The van der Waals surface area contributed by atoms with Crippen molar-refractivity contribution in [3.63, 3.8) is 0 Å². The highest BCUT2D eigenvalue weighted by atomic mass is 32.2. The van der Waals surface area contributed by atoms with Gasteiger partial charge in [-0.1, -0.05) is 42.2 Å². The average Bonchev–Trinajstić information content (AvgIpc) is 2.26. The van der Waals surface area contributed by atoms with Crippen molar-refractivity contribution in [2.45, 2.75) is 6.92 Å². The fraction of sp³-hybridized carbons (Fsp3) is 0.200. The molecule has 0 aliphatic heterocycles. The van der Waals surface area contributed by atoms with E-state index < -0.39 is 0 Å². The van der Waals surface area contributed by atoms with Gasteiger partial charge in [-0.05, 0) is 25.3 Å². The van der Waals surface area contributed by atoms with Gasteiger partial charge >= 0.3 is 0 Å². The van der Waals surface area contributed by atoms with Gasteiger partial charge in [-0.2, -0.15) is 5.10 Å². The molecule has 0 heterocycles. The molecule has 14 heavy (non-hydrogen) atoms. The highest BCUT2D eigenvalue weighted by molar-refractivity contribution is 8.22. The molecule has 0 aliphatic carbocycles.